The topological polar surface area (TPSA) is 97.5 Å². The maximum absolute atomic E-state index is 7.69. The van der Waals surface area contributed by atoms with Gasteiger partial charge in [-0.3, -0.25) is 0 Å². The van der Waals surface area contributed by atoms with E-state index in [2.05, 4.69) is 31.4 Å². The lowest BCUT2D eigenvalue weighted by Gasteiger charge is -1.50. The molecular formula is N6PS+. The van der Waals surface area contributed by atoms with Crippen LogP contribution in [0.15, 0.2) is 9.77 Å². The van der Waals surface area contributed by atoms with Gasteiger partial charge in [0.05, 0.1) is 0 Å². The number of rotatable bonds is 2. The summed E-state index contributed by atoms with van der Waals surface area (Å²) in [5.41, 5.74) is 15.4. The Morgan fingerprint density at radius 1 is 1.25 bits per heavy atom. The number of azide groups is 1. The Hall–Kier alpha value is -0.860. The summed E-state index contributed by atoms with van der Waals surface area (Å²) in [5.74, 6) is 0. The standard InChI is InChI=1S/N6PS/c1-3-5-7(8)6-4-2/q+1. The van der Waals surface area contributed by atoms with Crippen LogP contribution in [0, 0.1) is 0 Å². The van der Waals surface area contributed by atoms with E-state index in [1.807, 2.05) is 0 Å². The third-order valence-corrected chi connectivity index (χ3v) is 1.14. The number of hydrogen-bond acceptors (Lipinski definition) is 1. The quantitative estimate of drug-likeness (QED) is 0.254. The normalized spacial score (nSPS) is 8.25. The Morgan fingerprint density at radius 2 is 1.62 bits per heavy atom. The lowest BCUT2D eigenvalue weighted by Crippen LogP contribution is -1.31. The summed E-state index contributed by atoms with van der Waals surface area (Å²) < 4.78 is 0. The van der Waals surface area contributed by atoms with Gasteiger partial charge in [0.1, 0.15) is 9.77 Å². The molecule has 0 amide bonds. The molecule has 0 fully saturated rings. The van der Waals surface area contributed by atoms with Crippen LogP contribution in [0.2, 0.25) is 0 Å². The summed E-state index contributed by atoms with van der Waals surface area (Å²) in [5, 5.41) is 0. The zero-order valence-corrected chi connectivity index (χ0v) is 5.25. The molecule has 0 N–H and O–H groups in total. The fraction of sp³-hybridized carbons (Fsp3) is 0. The van der Waals surface area contributed by atoms with Crippen LogP contribution in [0.3, 0.4) is 0 Å². The van der Waals surface area contributed by atoms with Crippen molar-refractivity contribution in [3.8, 4) is 0 Å². The molecule has 0 saturated carbocycles. The van der Waals surface area contributed by atoms with Crippen LogP contribution < -0.4 is 0 Å². The monoisotopic (exact) mass is 147 g/mol. The van der Waals surface area contributed by atoms with Crippen molar-refractivity contribution in [2.75, 3.05) is 0 Å². The summed E-state index contributed by atoms with van der Waals surface area (Å²) in [6.45, 7) is -1.58. The fourth-order valence-electron chi connectivity index (χ4n) is 0.0863. The highest BCUT2D eigenvalue weighted by molar-refractivity contribution is 8.03. The van der Waals surface area contributed by atoms with Gasteiger partial charge in [0, 0.05) is 20.9 Å². The van der Waals surface area contributed by atoms with Gasteiger partial charge in [-0.2, -0.15) is 0 Å². The van der Waals surface area contributed by atoms with Gasteiger partial charge >= 0.3 is 7.00 Å². The molecule has 0 spiro atoms. The molecule has 0 aliphatic heterocycles. The molecule has 40 valence electrons. The van der Waals surface area contributed by atoms with Crippen molar-refractivity contribution in [3.63, 3.8) is 0 Å². The van der Waals surface area contributed by atoms with Crippen LogP contribution in [0.4, 0.5) is 0 Å². The first-order valence-corrected chi connectivity index (χ1v) is 3.64. The number of hydrogen-bond donors (Lipinski definition) is 0. The number of nitrogens with zero attached hydrogens (tertiary/aromatic N) is 6. The van der Waals surface area contributed by atoms with Gasteiger partial charge in [-0.15, -0.1) is 0 Å². The minimum absolute atomic E-state index is 1.58. The van der Waals surface area contributed by atoms with Crippen molar-refractivity contribution in [3.05, 3.63) is 20.9 Å². The Bertz CT molecular complexity index is 161. The van der Waals surface area contributed by atoms with E-state index in [4.69, 9.17) is 11.1 Å². The Morgan fingerprint density at radius 3 is 1.88 bits per heavy atom. The molecule has 0 atom stereocenters. The van der Waals surface area contributed by atoms with Crippen molar-refractivity contribution >= 4 is 18.8 Å². The second kappa shape index (κ2) is 4.30. The molecule has 0 bridgehead atoms. The average Bonchev–Trinajstić information content (AvgIpc) is 1.68. The molecule has 0 unspecified atom stereocenters. The van der Waals surface area contributed by atoms with Crippen molar-refractivity contribution in [2.45, 2.75) is 0 Å². The Labute approximate surface area is 50.3 Å². The van der Waals surface area contributed by atoms with E-state index in [9.17, 15) is 0 Å². The van der Waals surface area contributed by atoms with Crippen LogP contribution >= 0.6 is 7.00 Å². The molecular weight excluding hydrogens is 147 g/mol. The van der Waals surface area contributed by atoms with Crippen molar-refractivity contribution in [1.29, 1.82) is 0 Å². The van der Waals surface area contributed by atoms with Gasteiger partial charge in [-0.1, -0.05) is 0 Å². The molecule has 0 aromatic carbocycles. The van der Waals surface area contributed by atoms with Gasteiger partial charge in [-0.25, -0.2) is 0 Å². The van der Waals surface area contributed by atoms with Crippen molar-refractivity contribution in [2.24, 2.45) is 9.77 Å². The first-order valence-electron chi connectivity index (χ1n) is 1.38. The predicted octanol–water partition coefficient (Wildman–Crippen LogP) is 2.38. The molecule has 0 aliphatic rings. The second-order valence-corrected chi connectivity index (χ2v) is 2.45. The molecule has 0 rings (SSSR count). The maximum atomic E-state index is 7.69. The zero-order valence-electron chi connectivity index (χ0n) is 3.54. The molecule has 0 saturated heterocycles. The Balaban J connectivity index is 4.04. The highest BCUT2D eigenvalue weighted by atomic mass is 32.4. The Kier molecular flexibility index (Phi) is 3.84. The smallest absolute Gasteiger partial charge is 0.000136 e. The highest BCUT2D eigenvalue weighted by Crippen LogP contribution is 2.23. The summed E-state index contributed by atoms with van der Waals surface area (Å²) in [6, 6.07) is 0. The van der Waals surface area contributed by atoms with Crippen LogP contribution in [0.1, 0.15) is 0 Å². The molecule has 0 aromatic rings. The lowest BCUT2D eigenvalue weighted by atomic mass is 13.0. The minimum atomic E-state index is -1.58. The van der Waals surface area contributed by atoms with Gasteiger partial charge < -0.3 is 0 Å². The second-order valence-electron chi connectivity index (χ2n) is 0.611. The summed E-state index contributed by atoms with van der Waals surface area (Å²) >= 11 is 4.36. The molecule has 8 heteroatoms. The van der Waals surface area contributed by atoms with E-state index in [1.54, 1.807) is 0 Å². The van der Waals surface area contributed by atoms with Crippen molar-refractivity contribution in [1.82, 2.24) is 0 Å². The van der Waals surface area contributed by atoms with E-state index >= 15 is 0 Å². The van der Waals surface area contributed by atoms with Gasteiger partial charge in [0.15, 0.2) is 11.8 Å². The third-order valence-electron chi connectivity index (χ3n) is 0.233. The van der Waals surface area contributed by atoms with Crippen LogP contribution in [-0.4, -0.2) is 0 Å². The SMILES string of the molecule is [N-]=[N+]=N[P+](=S)N=[N+]=[N-]. The third kappa shape index (κ3) is 3.33. The first kappa shape index (κ1) is 7.14. The molecule has 6 nitrogen and oxygen atoms in total. The molecule has 0 heterocycles. The molecule has 0 aliphatic carbocycles. The largest absolute Gasteiger partial charge is 0.421 e. The van der Waals surface area contributed by atoms with Crippen molar-refractivity contribution < 1.29 is 0 Å². The van der Waals surface area contributed by atoms with Crippen LogP contribution in [0.25, 0.3) is 20.9 Å². The lowest BCUT2D eigenvalue weighted by molar-refractivity contribution is 1.68. The van der Waals surface area contributed by atoms with E-state index in [1.165, 1.54) is 0 Å². The highest BCUT2D eigenvalue weighted by Gasteiger charge is 1.99. The van der Waals surface area contributed by atoms with E-state index in [0.29, 0.717) is 0 Å². The van der Waals surface area contributed by atoms with Crippen LogP contribution in [0.5, 0.6) is 0 Å². The predicted molar refractivity (Wildman–Crippen MR) is 32.6 cm³/mol. The zero-order chi connectivity index (χ0) is 6.41. The summed E-state index contributed by atoms with van der Waals surface area (Å²) in [7, 11) is 0. The molecule has 0 radical (unpaired) electrons. The maximum Gasteiger partial charge on any atom is 0.421 e. The fourth-order valence-corrected chi connectivity index (χ4v) is 0.455. The summed E-state index contributed by atoms with van der Waals surface area (Å²) in [6.07, 6.45) is 0. The molecule has 0 aromatic heterocycles. The summed E-state index contributed by atoms with van der Waals surface area (Å²) in [4.78, 5) is 10.6. The van der Waals surface area contributed by atoms with Gasteiger partial charge in [0.2, 0.25) is 0 Å². The van der Waals surface area contributed by atoms with Crippen LogP contribution in [-0.2, 0) is 11.8 Å². The molecule has 8 heavy (non-hydrogen) atoms. The first-order chi connectivity index (χ1) is 3.81. The van der Waals surface area contributed by atoms with E-state index in [0.717, 1.165) is 0 Å². The van der Waals surface area contributed by atoms with E-state index < -0.39 is 7.00 Å². The minimum Gasteiger partial charge on any atom is 0.000136 e. The van der Waals surface area contributed by atoms with Gasteiger partial charge in [-0.05, 0) is 0 Å². The van der Waals surface area contributed by atoms with E-state index in [-0.39, 0.29) is 0 Å². The van der Waals surface area contributed by atoms with Gasteiger partial charge in [0.25, 0.3) is 0 Å². The average molecular weight is 147 g/mol.